The van der Waals surface area contributed by atoms with Crippen molar-refractivity contribution < 1.29 is 18.9 Å². The molecule has 8 heteroatoms. The van der Waals surface area contributed by atoms with E-state index in [0.717, 1.165) is 5.56 Å². The molecule has 8 nitrogen and oxygen atoms in total. The SMILES string of the molecule is O=C1c2ccccc2OCC12C(c1ccccc1)C(c1ccc([N+](=O)[O-])o1)=NN2c1ccccc1. The summed E-state index contributed by atoms with van der Waals surface area (Å²) < 4.78 is 11.8. The predicted octanol–water partition coefficient (Wildman–Crippen LogP) is 5.21. The second kappa shape index (κ2) is 7.95. The molecule has 0 N–H and O–H groups in total. The summed E-state index contributed by atoms with van der Waals surface area (Å²) in [6.07, 6.45) is 0. The quantitative estimate of drug-likeness (QED) is 0.303. The Morgan fingerprint density at radius 1 is 0.914 bits per heavy atom. The fraction of sp³-hybridized carbons (Fsp3) is 0.111. The number of ether oxygens (including phenoxy) is 1. The summed E-state index contributed by atoms with van der Waals surface area (Å²) in [5, 5.41) is 17.9. The molecule has 2 aliphatic rings. The third-order valence-corrected chi connectivity index (χ3v) is 6.47. The van der Waals surface area contributed by atoms with Crippen LogP contribution in [0.2, 0.25) is 0 Å². The number of nitrogens with zero attached hydrogens (tertiary/aromatic N) is 3. The van der Waals surface area contributed by atoms with Crippen molar-refractivity contribution in [1.82, 2.24) is 0 Å². The van der Waals surface area contributed by atoms with Gasteiger partial charge in [-0.05, 0) is 35.9 Å². The number of anilines is 1. The zero-order valence-electron chi connectivity index (χ0n) is 18.4. The van der Waals surface area contributed by atoms with Crippen LogP contribution in [0.1, 0.15) is 27.6 Å². The van der Waals surface area contributed by atoms with Crippen LogP contribution >= 0.6 is 0 Å². The van der Waals surface area contributed by atoms with E-state index >= 15 is 0 Å². The first-order chi connectivity index (χ1) is 17.1. The van der Waals surface area contributed by atoms with Gasteiger partial charge in [0, 0.05) is 0 Å². The molecule has 35 heavy (non-hydrogen) atoms. The number of fused-ring (bicyclic) bond motifs is 1. The summed E-state index contributed by atoms with van der Waals surface area (Å²) in [5.41, 5.74) is 1.13. The van der Waals surface area contributed by atoms with Crippen LogP contribution < -0.4 is 9.75 Å². The minimum absolute atomic E-state index is 0.0348. The summed E-state index contributed by atoms with van der Waals surface area (Å²) in [4.78, 5) is 25.1. The molecule has 3 heterocycles. The molecule has 0 bridgehead atoms. The first-order valence-electron chi connectivity index (χ1n) is 11.1. The van der Waals surface area contributed by atoms with Crippen molar-refractivity contribution in [2.45, 2.75) is 11.5 Å². The van der Waals surface area contributed by atoms with Crippen LogP contribution in [0.4, 0.5) is 11.6 Å². The van der Waals surface area contributed by atoms with Crippen molar-refractivity contribution in [3.63, 3.8) is 0 Å². The van der Waals surface area contributed by atoms with Crippen LogP contribution in [0.3, 0.4) is 0 Å². The number of para-hydroxylation sites is 2. The van der Waals surface area contributed by atoms with Gasteiger partial charge in [-0.3, -0.25) is 14.9 Å². The third kappa shape index (κ3) is 3.14. The summed E-state index contributed by atoms with van der Waals surface area (Å²) in [6.45, 7) is 0.0348. The van der Waals surface area contributed by atoms with Crippen molar-refractivity contribution in [3.05, 3.63) is 124 Å². The molecule has 0 saturated heterocycles. The first kappa shape index (κ1) is 20.9. The van der Waals surface area contributed by atoms with E-state index in [-0.39, 0.29) is 18.2 Å². The molecule has 2 unspecified atom stereocenters. The highest BCUT2D eigenvalue weighted by Gasteiger charge is 2.61. The van der Waals surface area contributed by atoms with Gasteiger partial charge in [-0.25, -0.2) is 5.01 Å². The molecule has 4 aromatic rings. The van der Waals surface area contributed by atoms with E-state index in [1.54, 1.807) is 23.2 Å². The molecule has 1 aromatic heterocycles. The zero-order chi connectivity index (χ0) is 24.0. The molecular weight excluding hydrogens is 446 g/mol. The maximum atomic E-state index is 14.4. The molecule has 0 amide bonds. The maximum Gasteiger partial charge on any atom is 0.433 e. The Labute approximate surface area is 200 Å². The standard InChI is InChI=1S/C27H19N3O5/c31-26-20-13-7-8-14-21(20)34-17-27(26)24(18-9-3-1-4-10-18)25(22-15-16-23(35-22)30(32)33)28-29(27)19-11-5-2-6-12-19/h1-16,24H,17H2. The average molecular weight is 465 g/mol. The molecule has 0 fully saturated rings. The lowest BCUT2D eigenvalue weighted by Gasteiger charge is -2.43. The molecule has 2 aliphatic heterocycles. The fourth-order valence-electron chi connectivity index (χ4n) is 4.93. The maximum absolute atomic E-state index is 14.4. The lowest BCUT2D eigenvalue weighted by atomic mass is 9.71. The van der Waals surface area contributed by atoms with Crippen LogP contribution in [0, 0.1) is 10.1 Å². The number of carbonyl (C=O) groups is 1. The topological polar surface area (TPSA) is 98.2 Å². The van der Waals surface area contributed by atoms with Crippen LogP contribution in [-0.2, 0) is 0 Å². The molecule has 3 aromatic carbocycles. The first-order valence-corrected chi connectivity index (χ1v) is 11.1. The van der Waals surface area contributed by atoms with E-state index in [1.165, 1.54) is 12.1 Å². The normalized spacial score (nSPS) is 20.9. The summed E-state index contributed by atoms with van der Waals surface area (Å²) >= 11 is 0. The molecule has 0 saturated carbocycles. The van der Waals surface area contributed by atoms with E-state index < -0.39 is 22.3 Å². The fourth-order valence-corrected chi connectivity index (χ4v) is 4.93. The van der Waals surface area contributed by atoms with Crippen molar-refractivity contribution in [3.8, 4) is 5.75 Å². The third-order valence-electron chi connectivity index (χ3n) is 6.47. The minimum atomic E-state index is -1.27. The Hall–Kier alpha value is -4.72. The van der Waals surface area contributed by atoms with Gasteiger partial charge in [0.15, 0.2) is 17.1 Å². The summed E-state index contributed by atoms with van der Waals surface area (Å²) in [7, 11) is 0. The van der Waals surface area contributed by atoms with E-state index in [4.69, 9.17) is 14.3 Å². The van der Waals surface area contributed by atoms with Gasteiger partial charge in [0.25, 0.3) is 0 Å². The number of ketones is 1. The van der Waals surface area contributed by atoms with Crippen molar-refractivity contribution in [2.24, 2.45) is 5.10 Å². The van der Waals surface area contributed by atoms with Crippen molar-refractivity contribution in [1.29, 1.82) is 0 Å². The smallest absolute Gasteiger partial charge is 0.433 e. The van der Waals surface area contributed by atoms with Crippen LogP contribution in [0.5, 0.6) is 5.75 Å². The average Bonchev–Trinajstić information content (AvgIpc) is 3.52. The Morgan fingerprint density at radius 3 is 2.31 bits per heavy atom. The highest BCUT2D eigenvalue weighted by molar-refractivity contribution is 6.18. The molecule has 0 radical (unpaired) electrons. The van der Waals surface area contributed by atoms with Gasteiger partial charge in [0.1, 0.15) is 23.0 Å². The number of Topliss-reactive ketones (excluding diaryl/α,β-unsaturated/α-hetero) is 1. The number of carbonyl (C=O) groups excluding carboxylic acids is 1. The van der Waals surface area contributed by atoms with Gasteiger partial charge >= 0.3 is 5.88 Å². The molecule has 1 spiro atoms. The Bertz CT molecular complexity index is 1460. The monoisotopic (exact) mass is 465 g/mol. The van der Waals surface area contributed by atoms with Gasteiger partial charge in [-0.1, -0.05) is 60.7 Å². The lowest BCUT2D eigenvalue weighted by Crippen LogP contribution is -2.60. The number of furan rings is 1. The van der Waals surface area contributed by atoms with Crippen molar-refractivity contribution in [2.75, 3.05) is 11.6 Å². The number of rotatable bonds is 4. The Morgan fingerprint density at radius 2 is 1.60 bits per heavy atom. The largest absolute Gasteiger partial charge is 0.490 e. The summed E-state index contributed by atoms with van der Waals surface area (Å²) in [5.74, 6) is -0.397. The Balaban J connectivity index is 1.62. The number of hydrazone groups is 1. The van der Waals surface area contributed by atoms with E-state index in [2.05, 4.69) is 0 Å². The number of benzene rings is 3. The van der Waals surface area contributed by atoms with E-state index in [1.807, 2.05) is 66.7 Å². The molecule has 0 aliphatic carbocycles. The Kier molecular flexibility index (Phi) is 4.74. The lowest BCUT2D eigenvalue weighted by molar-refractivity contribution is -0.402. The second-order valence-corrected chi connectivity index (χ2v) is 8.41. The number of nitro groups is 1. The van der Waals surface area contributed by atoms with Gasteiger partial charge in [-0.2, -0.15) is 5.10 Å². The molecule has 2 atom stereocenters. The highest BCUT2D eigenvalue weighted by atomic mass is 16.6. The van der Waals surface area contributed by atoms with Crippen molar-refractivity contribution >= 4 is 23.1 Å². The summed E-state index contributed by atoms with van der Waals surface area (Å²) in [6, 6.07) is 28.8. The zero-order valence-corrected chi connectivity index (χ0v) is 18.4. The molecule has 6 rings (SSSR count). The molecule has 172 valence electrons. The highest BCUT2D eigenvalue weighted by Crippen LogP contribution is 2.49. The van der Waals surface area contributed by atoms with Gasteiger partial charge in [-0.15, -0.1) is 0 Å². The van der Waals surface area contributed by atoms with Crippen LogP contribution in [0.15, 0.2) is 107 Å². The van der Waals surface area contributed by atoms with E-state index in [9.17, 15) is 14.9 Å². The number of hydrogen-bond acceptors (Lipinski definition) is 7. The van der Waals surface area contributed by atoms with Crippen LogP contribution in [-0.4, -0.2) is 28.6 Å². The second-order valence-electron chi connectivity index (χ2n) is 8.41. The number of hydrogen-bond donors (Lipinski definition) is 0. The van der Waals surface area contributed by atoms with E-state index in [0.29, 0.717) is 22.7 Å². The predicted molar refractivity (Wildman–Crippen MR) is 129 cm³/mol. The van der Waals surface area contributed by atoms with Crippen LogP contribution in [0.25, 0.3) is 0 Å². The minimum Gasteiger partial charge on any atom is -0.490 e. The van der Waals surface area contributed by atoms with Gasteiger partial charge < -0.3 is 9.15 Å². The van der Waals surface area contributed by atoms with Gasteiger partial charge in [0.05, 0.1) is 23.2 Å². The van der Waals surface area contributed by atoms with Gasteiger partial charge in [0.2, 0.25) is 0 Å². The molecular formula is C27H19N3O5.